The van der Waals surface area contributed by atoms with Gasteiger partial charge in [-0.05, 0) is 38.8 Å². The molecule has 1 fully saturated rings. The number of ether oxygens (including phenoxy) is 1. The molecule has 1 aromatic heterocycles. The predicted molar refractivity (Wildman–Crippen MR) is 82.3 cm³/mol. The van der Waals surface area contributed by atoms with Gasteiger partial charge in [0.2, 0.25) is 0 Å². The number of carbonyl (C=O) groups is 1. The molecule has 2 rings (SSSR count). The van der Waals surface area contributed by atoms with Crippen LogP contribution in [0.5, 0.6) is 0 Å². The topological polar surface area (TPSA) is 54.5 Å². The molecule has 21 heavy (non-hydrogen) atoms. The van der Waals surface area contributed by atoms with Crippen LogP contribution >= 0.6 is 11.6 Å². The van der Waals surface area contributed by atoms with Gasteiger partial charge in [-0.1, -0.05) is 17.7 Å². The molecule has 1 aromatic rings. The van der Waals surface area contributed by atoms with Crippen molar-refractivity contribution in [3.8, 4) is 0 Å². The summed E-state index contributed by atoms with van der Waals surface area (Å²) in [5.41, 5.74) is 0.662. The van der Waals surface area contributed by atoms with Gasteiger partial charge in [-0.15, -0.1) is 0 Å². The van der Waals surface area contributed by atoms with Crippen LogP contribution in [0.3, 0.4) is 0 Å². The van der Waals surface area contributed by atoms with E-state index in [4.69, 9.17) is 16.3 Å². The maximum absolute atomic E-state index is 11.7. The lowest BCUT2D eigenvalue weighted by molar-refractivity contribution is 0.0506. The standard InChI is InChI=1S/C15H22ClN3O2/c1-15(2,3)21-14(20)18-12-6-7-19(10-12)9-11-4-5-13(16)17-8-11/h4-5,8,12H,6-7,9-10H2,1-3H3,(H,18,20). The molecule has 0 radical (unpaired) electrons. The molecule has 1 aliphatic heterocycles. The van der Waals surface area contributed by atoms with E-state index in [1.54, 1.807) is 12.3 Å². The number of likely N-dealkylation sites (tertiary alicyclic amines) is 1. The van der Waals surface area contributed by atoms with Gasteiger partial charge in [-0.3, -0.25) is 4.90 Å². The third-order valence-corrected chi connectivity index (χ3v) is 3.41. The fourth-order valence-corrected chi connectivity index (χ4v) is 2.44. The Morgan fingerprint density at radius 1 is 1.52 bits per heavy atom. The third-order valence-electron chi connectivity index (χ3n) is 3.19. The highest BCUT2D eigenvalue weighted by Crippen LogP contribution is 2.15. The maximum atomic E-state index is 11.7. The van der Waals surface area contributed by atoms with Crippen molar-refractivity contribution >= 4 is 17.7 Å². The summed E-state index contributed by atoms with van der Waals surface area (Å²) in [4.78, 5) is 18.1. The molecule has 2 heterocycles. The molecule has 1 saturated heterocycles. The zero-order valence-electron chi connectivity index (χ0n) is 12.7. The first-order valence-corrected chi connectivity index (χ1v) is 7.52. The van der Waals surface area contributed by atoms with Crippen molar-refractivity contribution in [1.29, 1.82) is 0 Å². The molecule has 1 amide bonds. The Hall–Kier alpha value is -1.33. The van der Waals surface area contributed by atoms with Gasteiger partial charge >= 0.3 is 6.09 Å². The lowest BCUT2D eigenvalue weighted by atomic mass is 10.2. The first-order chi connectivity index (χ1) is 9.82. The molecule has 1 unspecified atom stereocenters. The molecule has 0 spiro atoms. The highest BCUT2D eigenvalue weighted by Gasteiger charge is 2.26. The Morgan fingerprint density at radius 3 is 2.90 bits per heavy atom. The highest BCUT2D eigenvalue weighted by molar-refractivity contribution is 6.29. The van der Waals surface area contributed by atoms with Crippen LogP contribution in [0.4, 0.5) is 4.79 Å². The third kappa shape index (κ3) is 5.52. The molecule has 116 valence electrons. The van der Waals surface area contributed by atoms with Crippen LogP contribution < -0.4 is 5.32 Å². The monoisotopic (exact) mass is 311 g/mol. The summed E-state index contributed by atoms with van der Waals surface area (Å²) in [5.74, 6) is 0. The molecule has 0 aromatic carbocycles. The van der Waals surface area contributed by atoms with Gasteiger partial charge in [0.1, 0.15) is 10.8 Å². The molecule has 0 saturated carbocycles. The van der Waals surface area contributed by atoms with Crippen molar-refractivity contribution in [2.45, 2.75) is 45.4 Å². The summed E-state index contributed by atoms with van der Waals surface area (Å²) >= 11 is 5.78. The van der Waals surface area contributed by atoms with E-state index >= 15 is 0 Å². The molecule has 1 aliphatic rings. The van der Waals surface area contributed by atoms with E-state index in [-0.39, 0.29) is 12.1 Å². The highest BCUT2D eigenvalue weighted by atomic mass is 35.5. The maximum Gasteiger partial charge on any atom is 0.407 e. The number of pyridine rings is 1. The summed E-state index contributed by atoms with van der Waals surface area (Å²) in [7, 11) is 0. The smallest absolute Gasteiger partial charge is 0.407 e. The first kappa shape index (κ1) is 16.0. The molecular weight excluding hydrogens is 290 g/mol. The minimum atomic E-state index is -0.461. The van der Waals surface area contributed by atoms with E-state index in [1.165, 1.54) is 0 Å². The van der Waals surface area contributed by atoms with Crippen LogP contribution in [0.25, 0.3) is 0 Å². The van der Waals surface area contributed by atoms with Crippen molar-refractivity contribution in [3.05, 3.63) is 29.0 Å². The second-order valence-corrected chi connectivity index (χ2v) is 6.74. The number of rotatable bonds is 3. The number of carbonyl (C=O) groups excluding carboxylic acids is 1. The Bertz CT molecular complexity index is 485. The summed E-state index contributed by atoms with van der Waals surface area (Å²) in [6, 6.07) is 3.91. The number of amides is 1. The fourth-order valence-electron chi connectivity index (χ4n) is 2.33. The minimum absolute atomic E-state index is 0.139. The normalized spacial score (nSPS) is 19.5. The number of nitrogens with one attached hydrogen (secondary N) is 1. The number of halogens is 1. The van der Waals surface area contributed by atoms with Crippen molar-refractivity contribution in [3.63, 3.8) is 0 Å². The van der Waals surface area contributed by atoms with Gasteiger partial charge in [0.25, 0.3) is 0 Å². The average Bonchev–Trinajstić information content (AvgIpc) is 2.77. The average molecular weight is 312 g/mol. The fraction of sp³-hybridized carbons (Fsp3) is 0.600. The van der Waals surface area contributed by atoms with E-state index in [0.717, 1.165) is 31.6 Å². The van der Waals surface area contributed by atoms with Gasteiger partial charge in [0.05, 0.1) is 0 Å². The molecule has 6 heteroatoms. The van der Waals surface area contributed by atoms with Crippen molar-refractivity contribution < 1.29 is 9.53 Å². The van der Waals surface area contributed by atoms with Crippen LogP contribution in [-0.4, -0.2) is 40.7 Å². The Morgan fingerprint density at radius 2 is 2.29 bits per heavy atom. The summed E-state index contributed by atoms with van der Waals surface area (Å²) in [6.07, 6.45) is 2.37. The van der Waals surface area contributed by atoms with Crippen LogP contribution in [0.1, 0.15) is 32.8 Å². The predicted octanol–water partition coefficient (Wildman–Crippen LogP) is 2.83. The number of hydrogen-bond acceptors (Lipinski definition) is 4. The van der Waals surface area contributed by atoms with Crippen LogP contribution in [0.15, 0.2) is 18.3 Å². The van der Waals surface area contributed by atoms with E-state index in [2.05, 4.69) is 15.2 Å². The largest absolute Gasteiger partial charge is 0.444 e. The van der Waals surface area contributed by atoms with E-state index < -0.39 is 5.60 Å². The van der Waals surface area contributed by atoms with Crippen LogP contribution in [-0.2, 0) is 11.3 Å². The molecule has 5 nitrogen and oxygen atoms in total. The first-order valence-electron chi connectivity index (χ1n) is 7.14. The zero-order chi connectivity index (χ0) is 15.5. The number of aromatic nitrogens is 1. The Balaban J connectivity index is 1.78. The van der Waals surface area contributed by atoms with E-state index in [1.807, 2.05) is 26.8 Å². The minimum Gasteiger partial charge on any atom is -0.444 e. The molecule has 1 atom stereocenters. The van der Waals surface area contributed by atoms with Gasteiger partial charge < -0.3 is 10.1 Å². The SMILES string of the molecule is CC(C)(C)OC(=O)NC1CCN(Cc2ccc(Cl)nc2)C1. The second kappa shape index (κ2) is 6.62. The molecule has 1 N–H and O–H groups in total. The number of alkyl carbamates (subject to hydrolysis) is 1. The number of nitrogens with zero attached hydrogens (tertiary/aromatic N) is 2. The van der Waals surface area contributed by atoms with Crippen molar-refractivity contribution in [2.75, 3.05) is 13.1 Å². The van der Waals surface area contributed by atoms with Gasteiger partial charge in [0, 0.05) is 31.9 Å². The molecule has 0 aliphatic carbocycles. The number of hydrogen-bond donors (Lipinski definition) is 1. The molecule has 0 bridgehead atoms. The molecular formula is C15H22ClN3O2. The second-order valence-electron chi connectivity index (χ2n) is 6.36. The van der Waals surface area contributed by atoms with Crippen molar-refractivity contribution in [2.24, 2.45) is 0 Å². The van der Waals surface area contributed by atoms with E-state index in [0.29, 0.717) is 5.15 Å². The summed E-state index contributed by atoms with van der Waals surface area (Å²) in [5, 5.41) is 3.43. The van der Waals surface area contributed by atoms with Crippen molar-refractivity contribution in [1.82, 2.24) is 15.2 Å². The van der Waals surface area contributed by atoms with Gasteiger partial charge in [-0.2, -0.15) is 0 Å². The van der Waals surface area contributed by atoms with Crippen LogP contribution in [0, 0.1) is 0 Å². The lowest BCUT2D eigenvalue weighted by Crippen LogP contribution is -2.40. The summed E-state index contributed by atoms with van der Waals surface area (Å²) < 4.78 is 5.27. The quantitative estimate of drug-likeness (QED) is 0.872. The lowest BCUT2D eigenvalue weighted by Gasteiger charge is -2.22. The zero-order valence-corrected chi connectivity index (χ0v) is 13.5. The summed E-state index contributed by atoms with van der Waals surface area (Å²) in [6.45, 7) is 8.17. The Labute approximate surface area is 130 Å². The Kier molecular flexibility index (Phi) is 5.06. The van der Waals surface area contributed by atoms with Crippen LogP contribution in [0.2, 0.25) is 5.15 Å². The van der Waals surface area contributed by atoms with Gasteiger partial charge in [0.15, 0.2) is 0 Å². The van der Waals surface area contributed by atoms with Gasteiger partial charge in [-0.25, -0.2) is 9.78 Å². The van der Waals surface area contributed by atoms with E-state index in [9.17, 15) is 4.79 Å².